The molecule has 1 saturated carbocycles. The summed E-state index contributed by atoms with van der Waals surface area (Å²) < 4.78 is 43.6. The number of carbonyl (C=O) groups excluding carboxylic acids is 1. The van der Waals surface area contributed by atoms with Crippen molar-refractivity contribution in [2.75, 3.05) is 26.6 Å². The van der Waals surface area contributed by atoms with Gasteiger partial charge >= 0.3 is 0 Å². The van der Waals surface area contributed by atoms with Crippen LogP contribution in [-0.2, 0) is 10.0 Å². The normalized spacial score (nSPS) is 13.7. The van der Waals surface area contributed by atoms with Gasteiger partial charge in [0.25, 0.3) is 5.91 Å². The molecule has 0 aromatic heterocycles. The van der Waals surface area contributed by atoms with Crippen LogP contribution in [0, 0.1) is 6.92 Å². The second-order valence-corrected chi connectivity index (χ2v) is 8.42. The second kappa shape index (κ2) is 8.30. The predicted molar refractivity (Wildman–Crippen MR) is 109 cm³/mol. The third-order valence-electron chi connectivity index (χ3n) is 4.59. The number of carbonyl (C=O) groups is 1. The van der Waals surface area contributed by atoms with E-state index in [1.807, 2.05) is 6.92 Å². The Hall–Kier alpha value is -2.78. The van der Waals surface area contributed by atoms with E-state index in [-0.39, 0.29) is 22.3 Å². The Balaban J connectivity index is 1.91. The zero-order chi connectivity index (χ0) is 21.2. The van der Waals surface area contributed by atoms with E-state index in [0.717, 1.165) is 18.4 Å². The van der Waals surface area contributed by atoms with Crippen LogP contribution in [0.4, 0.5) is 5.69 Å². The molecule has 0 radical (unpaired) electrons. The molecule has 0 aliphatic heterocycles. The van der Waals surface area contributed by atoms with E-state index in [1.165, 1.54) is 39.5 Å². The zero-order valence-electron chi connectivity index (χ0n) is 16.7. The molecule has 0 heterocycles. The first kappa shape index (κ1) is 20.9. The maximum absolute atomic E-state index is 12.8. The Morgan fingerprint density at radius 2 is 1.59 bits per heavy atom. The van der Waals surface area contributed by atoms with E-state index in [1.54, 1.807) is 12.1 Å². The minimum atomic E-state index is -3.79. The maximum atomic E-state index is 12.8. The molecule has 1 aliphatic rings. The summed E-state index contributed by atoms with van der Waals surface area (Å²) >= 11 is 0. The molecule has 9 heteroatoms. The fourth-order valence-electron chi connectivity index (χ4n) is 2.82. The number of rotatable bonds is 8. The summed E-state index contributed by atoms with van der Waals surface area (Å²) in [6.07, 6.45) is 1.61. The summed E-state index contributed by atoms with van der Waals surface area (Å²) in [5, 5.41) is 2.79. The Morgan fingerprint density at radius 1 is 0.966 bits per heavy atom. The van der Waals surface area contributed by atoms with Crippen molar-refractivity contribution < 1.29 is 27.4 Å². The van der Waals surface area contributed by atoms with Crippen molar-refractivity contribution in [2.45, 2.75) is 30.7 Å². The first-order valence-corrected chi connectivity index (χ1v) is 10.5. The van der Waals surface area contributed by atoms with Crippen molar-refractivity contribution in [3.05, 3.63) is 41.5 Å². The van der Waals surface area contributed by atoms with Crippen LogP contribution in [0.2, 0.25) is 0 Å². The Bertz CT molecular complexity index is 1030. The Labute approximate surface area is 170 Å². The molecule has 8 nitrogen and oxygen atoms in total. The second-order valence-electron chi connectivity index (χ2n) is 6.74. The quantitative estimate of drug-likeness (QED) is 0.681. The fraction of sp³-hybridized carbons (Fsp3) is 0.350. The van der Waals surface area contributed by atoms with Gasteiger partial charge < -0.3 is 19.5 Å². The van der Waals surface area contributed by atoms with Crippen LogP contribution in [0.3, 0.4) is 0 Å². The number of hydrogen-bond donors (Lipinski definition) is 2. The number of methoxy groups -OCH3 is 3. The zero-order valence-corrected chi connectivity index (χ0v) is 17.6. The van der Waals surface area contributed by atoms with Crippen LogP contribution in [0.1, 0.15) is 28.8 Å². The van der Waals surface area contributed by atoms with Gasteiger partial charge in [0.05, 0.1) is 21.3 Å². The van der Waals surface area contributed by atoms with Gasteiger partial charge in [-0.05, 0) is 49.6 Å². The molecule has 29 heavy (non-hydrogen) atoms. The highest BCUT2D eigenvalue weighted by Crippen LogP contribution is 2.33. The van der Waals surface area contributed by atoms with Crippen LogP contribution < -0.4 is 24.2 Å². The minimum absolute atomic E-state index is 0.0587. The number of aryl methyl sites for hydroxylation is 1. The highest BCUT2D eigenvalue weighted by molar-refractivity contribution is 7.89. The number of nitrogens with one attached hydrogen (secondary N) is 2. The highest BCUT2D eigenvalue weighted by Gasteiger charge is 2.30. The van der Waals surface area contributed by atoms with Gasteiger partial charge in [-0.1, -0.05) is 0 Å². The molecule has 0 spiro atoms. The lowest BCUT2D eigenvalue weighted by Gasteiger charge is -2.15. The number of benzene rings is 2. The summed E-state index contributed by atoms with van der Waals surface area (Å²) in [5.41, 5.74) is 1.49. The molecule has 2 aromatic carbocycles. The SMILES string of the molecule is COc1cc(C)c(NC(=O)c2ccc(OC)c(S(=O)(=O)NC3CC3)c2)cc1OC. The highest BCUT2D eigenvalue weighted by atomic mass is 32.2. The molecule has 0 saturated heterocycles. The maximum Gasteiger partial charge on any atom is 0.255 e. The van der Waals surface area contributed by atoms with Gasteiger partial charge in [0.2, 0.25) is 10.0 Å². The molecule has 0 unspecified atom stereocenters. The van der Waals surface area contributed by atoms with Gasteiger partial charge in [0.15, 0.2) is 11.5 Å². The molecule has 1 fully saturated rings. The van der Waals surface area contributed by atoms with Gasteiger partial charge in [-0.2, -0.15) is 0 Å². The van der Waals surface area contributed by atoms with Crippen LogP contribution in [0.25, 0.3) is 0 Å². The van der Waals surface area contributed by atoms with Crippen LogP contribution in [0.15, 0.2) is 35.2 Å². The van der Waals surface area contributed by atoms with E-state index in [4.69, 9.17) is 14.2 Å². The van der Waals surface area contributed by atoms with Crippen molar-refractivity contribution in [3.8, 4) is 17.2 Å². The summed E-state index contributed by atoms with van der Waals surface area (Å²) in [6, 6.07) is 7.64. The molecule has 3 rings (SSSR count). The Morgan fingerprint density at radius 3 is 2.17 bits per heavy atom. The molecular formula is C20H24N2O6S. The number of sulfonamides is 1. The summed E-state index contributed by atoms with van der Waals surface area (Å²) in [7, 11) is 0.638. The summed E-state index contributed by atoms with van der Waals surface area (Å²) in [4.78, 5) is 12.7. The summed E-state index contributed by atoms with van der Waals surface area (Å²) in [5.74, 6) is 0.745. The smallest absolute Gasteiger partial charge is 0.255 e. The van der Waals surface area contributed by atoms with Crippen molar-refractivity contribution in [2.24, 2.45) is 0 Å². The lowest BCUT2D eigenvalue weighted by Crippen LogP contribution is -2.26. The van der Waals surface area contributed by atoms with E-state index >= 15 is 0 Å². The van der Waals surface area contributed by atoms with Crippen LogP contribution in [0.5, 0.6) is 17.2 Å². The molecule has 0 atom stereocenters. The standard InChI is InChI=1S/C20H24N2O6S/c1-12-9-17(27-3)18(28-4)11-15(12)21-20(23)13-5-8-16(26-2)19(10-13)29(24,25)22-14-6-7-14/h5,8-11,14,22H,6-7H2,1-4H3,(H,21,23). The van der Waals surface area contributed by atoms with Gasteiger partial charge in [-0.15, -0.1) is 0 Å². The molecule has 2 aromatic rings. The third-order valence-corrected chi connectivity index (χ3v) is 6.13. The lowest BCUT2D eigenvalue weighted by atomic mass is 10.1. The van der Waals surface area contributed by atoms with E-state index in [9.17, 15) is 13.2 Å². The van der Waals surface area contributed by atoms with Gasteiger partial charge in [0, 0.05) is 23.4 Å². The average Bonchev–Trinajstić information content (AvgIpc) is 3.51. The number of hydrogen-bond acceptors (Lipinski definition) is 6. The Kier molecular flexibility index (Phi) is 5.99. The third kappa shape index (κ3) is 4.63. The van der Waals surface area contributed by atoms with Gasteiger partial charge in [-0.3, -0.25) is 4.79 Å². The van der Waals surface area contributed by atoms with Crippen molar-refractivity contribution in [3.63, 3.8) is 0 Å². The molecule has 2 N–H and O–H groups in total. The number of amides is 1. The van der Waals surface area contributed by atoms with Gasteiger partial charge in [-0.25, -0.2) is 13.1 Å². The van der Waals surface area contributed by atoms with Crippen LogP contribution in [-0.4, -0.2) is 41.7 Å². The van der Waals surface area contributed by atoms with Crippen molar-refractivity contribution in [1.82, 2.24) is 4.72 Å². The molecule has 1 amide bonds. The monoisotopic (exact) mass is 420 g/mol. The minimum Gasteiger partial charge on any atom is -0.495 e. The number of anilines is 1. The first-order chi connectivity index (χ1) is 13.8. The average molecular weight is 420 g/mol. The fourth-order valence-corrected chi connectivity index (χ4v) is 4.32. The molecular weight excluding hydrogens is 396 g/mol. The van der Waals surface area contributed by atoms with E-state index in [2.05, 4.69) is 10.0 Å². The predicted octanol–water partition coefficient (Wildman–Crippen LogP) is 2.71. The van der Waals surface area contributed by atoms with Gasteiger partial charge in [0.1, 0.15) is 10.6 Å². The molecule has 156 valence electrons. The first-order valence-electron chi connectivity index (χ1n) is 9.03. The molecule has 1 aliphatic carbocycles. The summed E-state index contributed by atoms with van der Waals surface area (Å²) in [6.45, 7) is 1.82. The van der Waals surface area contributed by atoms with Crippen molar-refractivity contribution in [1.29, 1.82) is 0 Å². The largest absolute Gasteiger partial charge is 0.495 e. The topological polar surface area (TPSA) is 103 Å². The number of ether oxygens (including phenoxy) is 3. The van der Waals surface area contributed by atoms with E-state index < -0.39 is 15.9 Å². The van der Waals surface area contributed by atoms with Crippen LogP contribution >= 0.6 is 0 Å². The van der Waals surface area contributed by atoms with E-state index in [0.29, 0.717) is 17.2 Å². The lowest BCUT2D eigenvalue weighted by molar-refractivity contribution is 0.102. The molecule has 0 bridgehead atoms. The van der Waals surface area contributed by atoms with Crippen molar-refractivity contribution >= 4 is 21.6 Å².